The molecule has 28 heavy (non-hydrogen) atoms. The summed E-state index contributed by atoms with van der Waals surface area (Å²) in [5, 5.41) is 3.14. The maximum Gasteiger partial charge on any atom is 0.251 e. The number of quaternary nitrogens is 1. The van der Waals surface area contributed by atoms with Crippen LogP contribution in [0.3, 0.4) is 0 Å². The zero-order valence-electron chi connectivity index (χ0n) is 16.5. The van der Waals surface area contributed by atoms with Gasteiger partial charge < -0.3 is 24.6 Å². The summed E-state index contributed by atoms with van der Waals surface area (Å²) in [5.74, 6) is 1.25. The molecule has 2 aliphatic heterocycles. The van der Waals surface area contributed by atoms with Crippen LogP contribution in [0.25, 0.3) is 0 Å². The minimum atomic E-state index is -0.0770. The van der Waals surface area contributed by atoms with Crippen LogP contribution in [0.15, 0.2) is 42.5 Å². The molecule has 0 bridgehead atoms. The average Bonchev–Trinajstić information content (AvgIpc) is 3.39. The Morgan fingerprint density at radius 3 is 2.50 bits per heavy atom. The molecule has 4 rings (SSSR count). The van der Waals surface area contributed by atoms with E-state index in [9.17, 15) is 4.79 Å². The van der Waals surface area contributed by atoms with E-state index < -0.39 is 0 Å². The van der Waals surface area contributed by atoms with Crippen molar-refractivity contribution in [1.82, 2.24) is 5.32 Å². The number of carbonyl (C=O) groups excluding carboxylic acids is 1. The average molecular weight is 382 g/mol. The summed E-state index contributed by atoms with van der Waals surface area (Å²) >= 11 is 0. The zero-order chi connectivity index (χ0) is 19.5. The standard InChI is InChI=1S/C22H27N3O3/c1-24(2)18-8-5-16(6-9-18)19(25-11-3-4-12-25)14-23-22(26)17-7-10-20-21(13-17)28-15-27-20/h5-10,13,19H,3-4,11-12,14-15H2,1-2H3,(H,23,26)/p+1/t19-/m1/s1. The SMILES string of the molecule is CN(C)c1ccc([C@@H](CNC(=O)c2ccc3c(c2)OCO3)[NH+]2CCCC2)cc1. The van der Waals surface area contributed by atoms with Crippen LogP contribution in [0.2, 0.25) is 0 Å². The van der Waals surface area contributed by atoms with Gasteiger partial charge in [-0.25, -0.2) is 0 Å². The third-order valence-electron chi connectivity index (χ3n) is 5.65. The van der Waals surface area contributed by atoms with Crippen molar-refractivity contribution in [3.8, 4) is 11.5 Å². The lowest BCUT2D eigenvalue weighted by molar-refractivity contribution is -0.918. The number of ether oxygens (including phenoxy) is 2. The second-order valence-electron chi connectivity index (χ2n) is 7.68. The van der Waals surface area contributed by atoms with Crippen LogP contribution in [0.1, 0.15) is 34.8 Å². The molecular weight excluding hydrogens is 354 g/mol. The molecule has 1 amide bonds. The van der Waals surface area contributed by atoms with Crippen LogP contribution in [0.5, 0.6) is 11.5 Å². The van der Waals surface area contributed by atoms with Gasteiger partial charge in [-0.05, 0) is 30.3 Å². The van der Waals surface area contributed by atoms with Crippen LogP contribution in [-0.2, 0) is 0 Å². The second-order valence-corrected chi connectivity index (χ2v) is 7.68. The number of amides is 1. The molecule has 2 aliphatic rings. The molecule has 148 valence electrons. The largest absolute Gasteiger partial charge is 0.454 e. The van der Waals surface area contributed by atoms with Crippen LogP contribution >= 0.6 is 0 Å². The number of nitrogens with one attached hydrogen (secondary N) is 2. The normalized spacial score (nSPS) is 16.8. The van der Waals surface area contributed by atoms with E-state index in [1.54, 1.807) is 23.1 Å². The summed E-state index contributed by atoms with van der Waals surface area (Å²) in [7, 11) is 4.09. The van der Waals surface area contributed by atoms with E-state index in [4.69, 9.17) is 9.47 Å². The fourth-order valence-electron chi connectivity index (χ4n) is 4.01. The number of benzene rings is 2. The van der Waals surface area contributed by atoms with Gasteiger partial charge in [-0.1, -0.05) is 12.1 Å². The number of anilines is 1. The van der Waals surface area contributed by atoms with Gasteiger partial charge in [0.05, 0.1) is 19.6 Å². The highest BCUT2D eigenvalue weighted by molar-refractivity contribution is 5.94. The van der Waals surface area contributed by atoms with Crippen molar-refractivity contribution < 1.29 is 19.2 Å². The number of rotatable bonds is 6. The molecule has 1 saturated heterocycles. The maximum atomic E-state index is 12.7. The molecule has 6 heteroatoms. The van der Waals surface area contributed by atoms with Gasteiger partial charge in [-0.2, -0.15) is 0 Å². The first kappa shape index (κ1) is 18.6. The molecule has 1 atom stereocenters. The van der Waals surface area contributed by atoms with E-state index in [2.05, 4.69) is 34.5 Å². The molecule has 2 aromatic carbocycles. The Balaban J connectivity index is 1.47. The first-order valence-electron chi connectivity index (χ1n) is 9.91. The minimum absolute atomic E-state index is 0.0770. The van der Waals surface area contributed by atoms with Gasteiger partial charge in [-0.15, -0.1) is 0 Å². The molecule has 1 fully saturated rings. The molecular formula is C22H28N3O3+. The van der Waals surface area contributed by atoms with E-state index in [0.29, 0.717) is 23.6 Å². The van der Waals surface area contributed by atoms with Gasteiger partial charge in [0.25, 0.3) is 5.91 Å². The predicted octanol–water partition coefficient (Wildman–Crippen LogP) is 1.63. The van der Waals surface area contributed by atoms with Crippen molar-refractivity contribution in [3.05, 3.63) is 53.6 Å². The number of hydrogen-bond donors (Lipinski definition) is 2. The van der Waals surface area contributed by atoms with Crippen molar-refractivity contribution in [3.63, 3.8) is 0 Å². The molecule has 2 N–H and O–H groups in total. The number of fused-ring (bicyclic) bond motifs is 1. The van der Waals surface area contributed by atoms with Crippen molar-refractivity contribution in [1.29, 1.82) is 0 Å². The van der Waals surface area contributed by atoms with Gasteiger partial charge in [0.15, 0.2) is 11.5 Å². The van der Waals surface area contributed by atoms with E-state index in [1.165, 1.54) is 24.1 Å². The van der Waals surface area contributed by atoms with Crippen LogP contribution in [0.4, 0.5) is 5.69 Å². The topological polar surface area (TPSA) is 55.2 Å². The van der Waals surface area contributed by atoms with Gasteiger partial charge in [-0.3, -0.25) is 4.79 Å². The monoisotopic (exact) mass is 382 g/mol. The summed E-state index contributed by atoms with van der Waals surface area (Å²) in [6.45, 7) is 3.13. The lowest BCUT2D eigenvalue weighted by Crippen LogP contribution is -3.11. The Morgan fingerprint density at radius 2 is 1.79 bits per heavy atom. The van der Waals surface area contributed by atoms with Crippen LogP contribution in [-0.4, -0.2) is 46.4 Å². The quantitative estimate of drug-likeness (QED) is 0.798. The first-order chi connectivity index (χ1) is 13.6. The van der Waals surface area contributed by atoms with Crippen LogP contribution < -0.4 is 24.6 Å². The van der Waals surface area contributed by atoms with Crippen molar-refractivity contribution in [2.45, 2.75) is 18.9 Å². The summed E-state index contributed by atoms with van der Waals surface area (Å²) < 4.78 is 10.7. The van der Waals surface area contributed by atoms with Crippen molar-refractivity contribution >= 4 is 11.6 Å². The highest BCUT2D eigenvalue weighted by Gasteiger charge is 2.28. The molecule has 0 aromatic heterocycles. The molecule has 0 unspecified atom stereocenters. The van der Waals surface area contributed by atoms with E-state index in [-0.39, 0.29) is 18.7 Å². The van der Waals surface area contributed by atoms with Crippen molar-refractivity contribution in [2.24, 2.45) is 0 Å². The highest BCUT2D eigenvalue weighted by Crippen LogP contribution is 2.32. The van der Waals surface area contributed by atoms with E-state index in [1.807, 2.05) is 14.1 Å². The van der Waals surface area contributed by atoms with E-state index in [0.717, 1.165) is 13.1 Å². The summed E-state index contributed by atoms with van der Waals surface area (Å²) in [6.07, 6.45) is 2.50. The molecule has 0 radical (unpaired) electrons. The Labute approximate surface area is 166 Å². The summed E-state index contributed by atoms with van der Waals surface area (Å²) in [6, 6.07) is 14.3. The fourth-order valence-corrected chi connectivity index (χ4v) is 4.01. The van der Waals surface area contributed by atoms with Crippen LogP contribution in [0, 0.1) is 0 Å². The highest BCUT2D eigenvalue weighted by atomic mass is 16.7. The Bertz CT molecular complexity index is 829. The molecule has 2 aromatic rings. The Hall–Kier alpha value is -2.73. The number of carbonyl (C=O) groups is 1. The minimum Gasteiger partial charge on any atom is -0.454 e. The smallest absolute Gasteiger partial charge is 0.251 e. The lowest BCUT2D eigenvalue weighted by atomic mass is 10.0. The third kappa shape index (κ3) is 3.92. The lowest BCUT2D eigenvalue weighted by Gasteiger charge is -2.26. The van der Waals surface area contributed by atoms with Gasteiger partial charge in [0.1, 0.15) is 6.04 Å². The number of hydrogen-bond acceptors (Lipinski definition) is 4. The van der Waals surface area contributed by atoms with E-state index >= 15 is 0 Å². The van der Waals surface area contributed by atoms with Gasteiger partial charge in [0, 0.05) is 43.8 Å². The molecule has 6 nitrogen and oxygen atoms in total. The number of nitrogens with zero attached hydrogens (tertiary/aromatic N) is 1. The second kappa shape index (κ2) is 8.10. The Morgan fingerprint density at radius 1 is 1.07 bits per heavy atom. The molecule has 0 spiro atoms. The zero-order valence-corrected chi connectivity index (χ0v) is 16.5. The maximum absolute atomic E-state index is 12.7. The summed E-state index contributed by atoms with van der Waals surface area (Å²) in [4.78, 5) is 16.4. The Kier molecular flexibility index (Phi) is 5.39. The molecule has 2 heterocycles. The predicted molar refractivity (Wildman–Crippen MR) is 108 cm³/mol. The fraction of sp³-hybridized carbons (Fsp3) is 0.409. The molecule has 0 aliphatic carbocycles. The van der Waals surface area contributed by atoms with Crippen molar-refractivity contribution in [2.75, 3.05) is 45.4 Å². The van der Waals surface area contributed by atoms with Gasteiger partial charge in [0.2, 0.25) is 6.79 Å². The molecule has 0 saturated carbocycles. The van der Waals surface area contributed by atoms with Gasteiger partial charge >= 0.3 is 0 Å². The summed E-state index contributed by atoms with van der Waals surface area (Å²) in [5.41, 5.74) is 3.05. The number of likely N-dealkylation sites (tertiary alicyclic amines) is 1. The third-order valence-corrected chi connectivity index (χ3v) is 5.65. The first-order valence-corrected chi connectivity index (χ1v) is 9.91.